The largest absolute Gasteiger partial charge is 0.545 e. The third kappa shape index (κ3) is 2.37. The van der Waals surface area contributed by atoms with Crippen LogP contribution in [0.4, 0.5) is 5.82 Å². The van der Waals surface area contributed by atoms with E-state index in [2.05, 4.69) is 15.0 Å². The third-order valence-corrected chi connectivity index (χ3v) is 4.33. The van der Waals surface area contributed by atoms with Crippen LogP contribution in [0.2, 0.25) is 0 Å². The number of carbonyl (C=O) groups excluding carboxylic acids is 1. The molecule has 1 aliphatic carbocycles. The highest BCUT2D eigenvalue weighted by molar-refractivity contribution is 5.84. The molecule has 1 aliphatic heterocycles. The van der Waals surface area contributed by atoms with Gasteiger partial charge in [0, 0.05) is 31.0 Å². The summed E-state index contributed by atoms with van der Waals surface area (Å²) < 4.78 is 1.58. The standard InChI is InChI=1S/C15H16N4O2/c20-15(21)13-5-17-19(9-13)6-10-1-2-14(16-4-10)18-7-11-3-12(11)8-18/h1-2,4-5,9,11-12H,3,6-8H2,(H,20,21)/p-1. The normalized spacial score (nSPS) is 23.1. The average Bonchev–Trinajstić information content (AvgIpc) is 2.90. The Kier molecular flexibility index (Phi) is 2.70. The van der Waals surface area contributed by atoms with Crippen molar-refractivity contribution in [3.63, 3.8) is 0 Å². The van der Waals surface area contributed by atoms with Gasteiger partial charge in [-0.05, 0) is 29.9 Å². The van der Waals surface area contributed by atoms with Gasteiger partial charge in [0.1, 0.15) is 5.82 Å². The van der Waals surface area contributed by atoms with E-state index in [1.807, 2.05) is 18.3 Å². The fraction of sp³-hybridized carbons (Fsp3) is 0.400. The number of pyridine rings is 1. The number of aromatic nitrogens is 3. The Bertz CT molecular complexity index is 669. The summed E-state index contributed by atoms with van der Waals surface area (Å²) in [5, 5.41) is 14.7. The molecule has 0 radical (unpaired) electrons. The summed E-state index contributed by atoms with van der Waals surface area (Å²) in [6.07, 6.45) is 5.99. The second-order valence-corrected chi connectivity index (χ2v) is 5.90. The molecule has 2 unspecified atom stereocenters. The summed E-state index contributed by atoms with van der Waals surface area (Å²) in [5.41, 5.74) is 1.09. The molecule has 2 atom stereocenters. The van der Waals surface area contributed by atoms with E-state index in [1.165, 1.54) is 18.8 Å². The molecule has 0 bridgehead atoms. The molecule has 0 spiro atoms. The molecule has 6 nitrogen and oxygen atoms in total. The number of piperidine rings is 1. The van der Waals surface area contributed by atoms with E-state index in [4.69, 9.17) is 0 Å². The van der Waals surface area contributed by atoms with Crippen LogP contribution in [0, 0.1) is 11.8 Å². The van der Waals surface area contributed by atoms with Gasteiger partial charge in [-0.3, -0.25) is 4.68 Å². The van der Waals surface area contributed by atoms with E-state index in [9.17, 15) is 9.90 Å². The van der Waals surface area contributed by atoms with Gasteiger partial charge in [-0.15, -0.1) is 0 Å². The maximum absolute atomic E-state index is 10.7. The highest BCUT2D eigenvalue weighted by Gasteiger charge is 2.45. The number of aromatic carboxylic acids is 1. The van der Waals surface area contributed by atoms with Gasteiger partial charge in [-0.1, -0.05) is 6.07 Å². The number of hydrogen-bond donors (Lipinski definition) is 0. The van der Waals surface area contributed by atoms with Gasteiger partial charge in [0.15, 0.2) is 0 Å². The first-order valence-corrected chi connectivity index (χ1v) is 7.13. The summed E-state index contributed by atoms with van der Waals surface area (Å²) in [4.78, 5) is 17.6. The number of nitrogens with zero attached hydrogens (tertiary/aromatic N) is 4. The lowest BCUT2D eigenvalue weighted by Gasteiger charge is -2.18. The monoisotopic (exact) mass is 283 g/mol. The van der Waals surface area contributed by atoms with Gasteiger partial charge >= 0.3 is 0 Å². The number of carboxylic acid groups (broad SMARTS) is 1. The molecule has 2 aliphatic rings. The molecule has 0 N–H and O–H groups in total. The van der Waals surface area contributed by atoms with E-state index < -0.39 is 5.97 Å². The Morgan fingerprint density at radius 1 is 1.29 bits per heavy atom. The lowest BCUT2D eigenvalue weighted by molar-refractivity contribution is -0.255. The zero-order valence-electron chi connectivity index (χ0n) is 11.5. The average molecular weight is 283 g/mol. The SMILES string of the molecule is O=C([O-])c1cnn(Cc2ccc(N3CC4CC4C3)nc2)c1. The zero-order chi connectivity index (χ0) is 14.4. The molecular formula is C15H15N4O2-. The molecule has 3 heterocycles. The molecule has 0 aromatic carbocycles. The fourth-order valence-electron chi connectivity index (χ4n) is 3.03. The van der Waals surface area contributed by atoms with Crippen LogP contribution < -0.4 is 10.0 Å². The van der Waals surface area contributed by atoms with Crippen LogP contribution in [0.1, 0.15) is 22.3 Å². The predicted octanol–water partition coefficient (Wildman–Crippen LogP) is 0.146. The van der Waals surface area contributed by atoms with E-state index in [0.717, 1.165) is 36.3 Å². The Hall–Kier alpha value is -2.37. The summed E-state index contributed by atoms with van der Waals surface area (Å²) in [6.45, 7) is 2.77. The Balaban J connectivity index is 1.44. The summed E-state index contributed by atoms with van der Waals surface area (Å²) in [6, 6.07) is 4.05. The molecule has 4 rings (SSSR count). The lowest BCUT2D eigenvalue weighted by atomic mass is 10.2. The van der Waals surface area contributed by atoms with E-state index in [0.29, 0.717) is 6.54 Å². The fourth-order valence-corrected chi connectivity index (χ4v) is 3.03. The van der Waals surface area contributed by atoms with Crippen molar-refractivity contribution in [3.8, 4) is 0 Å². The highest BCUT2D eigenvalue weighted by Crippen LogP contribution is 2.45. The molecule has 6 heteroatoms. The minimum atomic E-state index is -1.21. The van der Waals surface area contributed by atoms with Crippen LogP contribution >= 0.6 is 0 Å². The molecule has 108 valence electrons. The molecule has 2 aromatic heterocycles. The van der Waals surface area contributed by atoms with Crippen LogP contribution in [0.25, 0.3) is 0 Å². The van der Waals surface area contributed by atoms with Crippen LogP contribution in [0.15, 0.2) is 30.7 Å². The maximum Gasteiger partial charge on any atom is 0.128 e. The van der Waals surface area contributed by atoms with Crippen molar-refractivity contribution < 1.29 is 9.90 Å². The zero-order valence-corrected chi connectivity index (χ0v) is 11.5. The van der Waals surface area contributed by atoms with E-state index >= 15 is 0 Å². The topological polar surface area (TPSA) is 74.1 Å². The van der Waals surface area contributed by atoms with Crippen LogP contribution in [-0.4, -0.2) is 33.8 Å². The first-order chi connectivity index (χ1) is 10.2. The number of fused-ring (bicyclic) bond motifs is 1. The van der Waals surface area contributed by atoms with Crippen LogP contribution in [0.3, 0.4) is 0 Å². The molecule has 21 heavy (non-hydrogen) atoms. The van der Waals surface area contributed by atoms with E-state index in [1.54, 1.807) is 4.68 Å². The van der Waals surface area contributed by atoms with Crippen LogP contribution in [-0.2, 0) is 6.54 Å². The predicted molar refractivity (Wildman–Crippen MR) is 73.7 cm³/mol. The van der Waals surface area contributed by atoms with E-state index in [-0.39, 0.29) is 5.56 Å². The molecule has 2 aromatic rings. The second-order valence-electron chi connectivity index (χ2n) is 5.90. The van der Waals surface area contributed by atoms with Gasteiger partial charge in [0.2, 0.25) is 0 Å². The van der Waals surface area contributed by atoms with Crippen LogP contribution in [0.5, 0.6) is 0 Å². The third-order valence-electron chi connectivity index (χ3n) is 4.33. The first-order valence-electron chi connectivity index (χ1n) is 7.13. The van der Waals surface area contributed by atoms with Gasteiger partial charge in [-0.25, -0.2) is 4.98 Å². The Labute approximate surface area is 122 Å². The smallest absolute Gasteiger partial charge is 0.128 e. The number of carbonyl (C=O) groups is 1. The molecular weight excluding hydrogens is 268 g/mol. The minimum absolute atomic E-state index is 0.0934. The first kappa shape index (κ1) is 12.4. The van der Waals surface area contributed by atoms with Gasteiger partial charge < -0.3 is 14.8 Å². The van der Waals surface area contributed by atoms with Crippen molar-refractivity contribution >= 4 is 11.8 Å². The van der Waals surface area contributed by atoms with Gasteiger partial charge in [0.25, 0.3) is 0 Å². The summed E-state index contributed by atoms with van der Waals surface area (Å²) >= 11 is 0. The maximum atomic E-state index is 10.7. The Morgan fingerprint density at radius 3 is 2.71 bits per heavy atom. The van der Waals surface area contributed by atoms with Crippen molar-refractivity contribution in [3.05, 3.63) is 41.9 Å². The summed E-state index contributed by atoms with van der Waals surface area (Å²) in [5.74, 6) is 1.60. The molecule has 1 saturated carbocycles. The molecule has 2 fully saturated rings. The lowest BCUT2D eigenvalue weighted by Crippen LogP contribution is -2.22. The number of rotatable bonds is 4. The van der Waals surface area contributed by atoms with Crippen molar-refractivity contribution in [2.24, 2.45) is 11.8 Å². The number of anilines is 1. The highest BCUT2D eigenvalue weighted by atomic mass is 16.4. The van der Waals surface area contributed by atoms with Crippen molar-refractivity contribution in [2.45, 2.75) is 13.0 Å². The van der Waals surface area contributed by atoms with Crippen molar-refractivity contribution in [1.82, 2.24) is 14.8 Å². The molecule has 0 amide bonds. The number of hydrogen-bond acceptors (Lipinski definition) is 5. The van der Waals surface area contributed by atoms with Crippen molar-refractivity contribution in [2.75, 3.05) is 18.0 Å². The number of carboxylic acids is 1. The summed E-state index contributed by atoms with van der Waals surface area (Å²) in [7, 11) is 0. The second kappa shape index (κ2) is 4.58. The van der Waals surface area contributed by atoms with Gasteiger partial charge in [0.05, 0.1) is 18.7 Å². The van der Waals surface area contributed by atoms with Crippen molar-refractivity contribution in [1.29, 1.82) is 0 Å². The Morgan fingerprint density at radius 2 is 2.10 bits per heavy atom. The van der Waals surface area contributed by atoms with Gasteiger partial charge in [-0.2, -0.15) is 5.10 Å². The minimum Gasteiger partial charge on any atom is -0.545 e. The quantitative estimate of drug-likeness (QED) is 0.798. The molecule has 1 saturated heterocycles.